The zero-order valence-corrected chi connectivity index (χ0v) is 16.2. The molecule has 7 heteroatoms. The number of hydrogen-bond acceptors (Lipinski definition) is 4. The number of thiophene rings is 1. The summed E-state index contributed by atoms with van der Waals surface area (Å²) in [5, 5.41) is 6.05. The van der Waals surface area contributed by atoms with Crippen LogP contribution in [0.1, 0.15) is 51.9 Å². The molecule has 1 aliphatic heterocycles. The Kier molecular flexibility index (Phi) is 5.66. The highest BCUT2D eigenvalue weighted by molar-refractivity contribution is 7.13. The summed E-state index contributed by atoms with van der Waals surface area (Å²) in [4.78, 5) is 28.3. The molecule has 1 saturated heterocycles. The summed E-state index contributed by atoms with van der Waals surface area (Å²) >= 11 is 1.50. The molecule has 0 radical (unpaired) electrons. The molecule has 140 valence electrons. The molecule has 0 unspecified atom stereocenters. The van der Waals surface area contributed by atoms with Gasteiger partial charge < -0.3 is 20.0 Å². The average molecular weight is 375 g/mol. The Balaban J connectivity index is 1.45. The van der Waals surface area contributed by atoms with Crippen LogP contribution in [0.2, 0.25) is 0 Å². The van der Waals surface area contributed by atoms with E-state index in [0.29, 0.717) is 13.1 Å². The van der Waals surface area contributed by atoms with Gasteiger partial charge in [-0.25, -0.2) is 4.79 Å². The Morgan fingerprint density at radius 1 is 1.19 bits per heavy atom. The third kappa shape index (κ3) is 4.46. The van der Waals surface area contributed by atoms with E-state index in [1.807, 2.05) is 45.0 Å². The molecule has 1 aliphatic rings. The van der Waals surface area contributed by atoms with Crippen molar-refractivity contribution in [3.63, 3.8) is 0 Å². The van der Waals surface area contributed by atoms with Gasteiger partial charge in [0.05, 0.1) is 10.9 Å². The maximum absolute atomic E-state index is 12.4. The second-order valence-corrected chi connectivity index (χ2v) is 8.05. The predicted molar refractivity (Wildman–Crippen MR) is 102 cm³/mol. The van der Waals surface area contributed by atoms with E-state index >= 15 is 0 Å². The molecule has 3 heterocycles. The van der Waals surface area contributed by atoms with Gasteiger partial charge in [0.1, 0.15) is 11.5 Å². The van der Waals surface area contributed by atoms with Gasteiger partial charge in [-0.1, -0.05) is 0 Å². The molecule has 0 aliphatic carbocycles. The van der Waals surface area contributed by atoms with Gasteiger partial charge in [-0.3, -0.25) is 4.79 Å². The Hall–Kier alpha value is -2.28. The van der Waals surface area contributed by atoms with Gasteiger partial charge in [0, 0.05) is 24.0 Å². The Bertz CT molecular complexity index is 775. The number of urea groups is 1. The number of piperidine rings is 1. The van der Waals surface area contributed by atoms with Crippen LogP contribution in [-0.2, 0) is 0 Å². The first kappa shape index (κ1) is 18.5. The number of rotatable bonds is 4. The molecule has 2 aromatic rings. The van der Waals surface area contributed by atoms with Crippen molar-refractivity contribution < 1.29 is 14.0 Å². The second-order valence-electron chi connectivity index (χ2n) is 6.76. The maximum Gasteiger partial charge on any atom is 0.317 e. The largest absolute Gasteiger partial charge is 0.464 e. The normalized spacial score (nSPS) is 16.3. The third-order valence-corrected chi connectivity index (χ3v) is 5.61. The number of hydrogen-bond donors (Lipinski definition) is 2. The highest BCUT2D eigenvalue weighted by Gasteiger charge is 2.25. The molecule has 6 nitrogen and oxygen atoms in total. The molecule has 1 atom stereocenters. The smallest absolute Gasteiger partial charge is 0.317 e. The van der Waals surface area contributed by atoms with Crippen LogP contribution >= 0.6 is 11.3 Å². The van der Waals surface area contributed by atoms with Crippen molar-refractivity contribution in [1.29, 1.82) is 0 Å². The average Bonchev–Trinajstić information content (AvgIpc) is 3.24. The summed E-state index contributed by atoms with van der Waals surface area (Å²) in [5.74, 6) is 1.57. The summed E-state index contributed by atoms with van der Waals surface area (Å²) in [7, 11) is 0. The highest BCUT2D eigenvalue weighted by atomic mass is 32.1. The van der Waals surface area contributed by atoms with Crippen LogP contribution in [0.25, 0.3) is 0 Å². The number of carbonyl (C=O) groups is 2. The van der Waals surface area contributed by atoms with Crippen molar-refractivity contribution in [3.05, 3.63) is 45.5 Å². The van der Waals surface area contributed by atoms with Crippen molar-refractivity contribution >= 4 is 23.3 Å². The van der Waals surface area contributed by atoms with Crippen molar-refractivity contribution in [2.24, 2.45) is 0 Å². The fourth-order valence-corrected chi connectivity index (χ4v) is 3.84. The van der Waals surface area contributed by atoms with Crippen LogP contribution in [0, 0.1) is 13.8 Å². The lowest BCUT2D eigenvalue weighted by atomic mass is 10.1. The molecule has 0 bridgehead atoms. The lowest BCUT2D eigenvalue weighted by Gasteiger charge is -2.33. The molecule has 0 saturated carbocycles. The van der Waals surface area contributed by atoms with Crippen LogP contribution in [0.5, 0.6) is 0 Å². The second kappa shape index (κ2) is 7.95. The van der Waals surface area contributed by atoms with Crippen molar-refractivity contribution in [3.8, 4) is 0 Å². The fourth-order valence-electron chi connectivity index (χ4n) is 3.07. The summed E-state index contributed by atoms with van der Waals surface area (Å²) in [6.45, 7) is 7.04. The monoisotopic (exact) mass is 375 g/mol. The fraction of sp³-hybridized carbons (Fsp3) is 0.474. The lowest BCUT2D eigenvalue weighted by molar-refractivity contribution is 0.0921. The summed E-state index contributed by atoms with van der Waals surface area (Å²) in [6.07, 6.45) is 1.52. The summed E-state index contributed by atoms with van der Waals surface area (Å²) in [5.41, 5.74) is 0. The minimum atomic E-state index is -0.171. The zero-order valence-electron chi connectivity index (χ0n) is 15.4. The minimum Gasteiger partial charge on any atom is -0.464 e. The zero-order chi connectivity index (χ0) is 18.7. The highest BCUT2D eigenvalue weighted by Crippen LogP contribution is 2.18. The summed E-state index contributed by atoms with van der Waals surface area (Å²) < 4.78 is 5.56. The van der Waals surface area contributed by atoms with E-state index in [2.05, 4.69) is 10.6 Å². The first-order valence-electron chi connectivity index (χ1n) is 8.91. The van der Waals surface area contributed by atoms with Crippen molar-refractivity contribution in [1.82, 2.24) is 15.5 Å². The Labute approximate surface area is 157 Å². The number of amides is 3. The number of nitrogens with zero attached hydrogens (tertiary/aromatic N) is 1. The van der Waals surface area contributed by atoms with Gasteiger partial charge in [0.2, 0.25) is 0 Å². The minimum absolute atomic E-state index is 0.0205. The van der Waals surface area contributed by atoms with Gasteiger partial charge in [-0.2, -0.15) is 0 Å². The first-order valence-corrected chi connectivity index (χ1v) is 9.73. The van der Waals surface area contributed by atoms with Crippen molar-refractivity contribution in [2.45, 2.75) is 45.7 Å². The number of nitrogens with one attached hydrogen (secondary N) is 2. The van der Waals surface area contributed by atoms with E-state index in [1.54, 1.807) is 4.90 Å². The SMILES string of the molecule is Cc1ccc([C@@H](C)NC(=O)N2CCC(NC(=O)c3ccc(C)s3)CC2)o1. The van der Waals surface area contributed by atoms with Crippen LogP contribution in [0.3, 0.4) is 0 Å². The van der Waals surface area contributed by atoms with E-state index in [-0.39, 0.29) is 24.0 Å². The van der Waals surface area contributed by atoms with E-state index in [1.165, 1.54) is 11.3 Å². The molecule has 2 N–H and O–H groups in total. The van der Waals surface area contributed by atoms with E-state index < -0.39 is 0 Å². The number of likely N-dealkylation sites (tertiary alicyclic amines) is 1. The van der Waals surface area contributed by atoms with Crippen molar-refractivity contribution in [2.75, 3.05) is 13.1 Å². The number of aryl methyl sites for hydroxylation is 2. The standard InChI is InChI=1S/C19H25N3O3S/c1-12-4-6-16(25-12)14(3)20-19(24)22-10-8-15(9-11-22)21-18(23)17-7-5-13(2)26-17/h4-7,14-15H,8-11H2,1-3H3,(H,20,24)(H,21,23)/t14-/m1/s1. The molecule has 0 aromatic carbocycles. The summed E-state index contributed by atoms with van der Waals surface area (Å²) in [6, 6.07) is 7.43. The van der Waals surface area contributed by atoms with E-state index in [4.69, 9.17) is 4.42 Å². The molecule has 2 aromatic heterocycles. The van der Waals surface area contributed by atoms with E-state index in [0.717, 1.165) is 34.1 Å². The lowest BCUT2D eigenvalue weighted by Crippen LogP contribution is -2.49. The van der Waals surface area contributed by atoms with Crippen LogP contribution in [0.15, 0.2) is 28.7 Å². The van der Waals surface area contributed by atoms with Gasteiger partial charge in [-0.15, -0.1) is 11.3 Å². The number of furan rings is 1. The van der Waals surface area contributed by atoms with Crippen LogP contribution < -0.4 is 10.6 Å². The van der Waals surface area contributed by atoms with E-state index in [9.17, 15) is 9.59 Å². The van der Waals surface area contributed by atoms with Crippen LogP contribution in [-0.4, -0.2) is 36.0 Å². The van der Waals surface area contributed by atoms with Gasteiger partial charge in [0.15, 0.2) is 0 Å². The Morgan fingerprint density at radius 2 is 1.92 bits per heavy atom. The molecule has 3 rings (SSSR count). The van der Waals surface area contributed by atoms with Gasteiger partial charge in [0.25, 0.3) is 5.91 Å². The first-order chi connectivity index (χ1) is 12.4. The maximum atomic E-state index is 12.4. The topological polar surface area (TPSA) is 74.6 Å². The molecule has 1 fully saturated rings. The third-order valence-electron chi connectivity index (χ3n) is 4.61. The molecule has 0 spiro atoms. The number of carbonyl (C=O) groups excluding carboxylic acids is 2. The van der Waals surface area contributed by atoms with Gasteiger partial charge in [-0.05, 0) is 57.9 Å². The Morgan fingerprint density at radius 3 is 2.50 bits per heavy atom. The van der Waals surface area contributed by atoms with Crippen LogP contribution in [0.4, 0.5) is 4.79 Å². The quantitative estimate of drug-likeness (QED) is 0.857. The predicted octanol–water partition coefficient (Wildman–Crippen LogP) is 3.62. The molecule has 3 amide bonds. The van der Waals surface area contributed by atoms with Gasteiger partial charge >= 0.3 is 6.03 Å². The molecule has 26 heavy (non-hydrogen) atoms. The molecular formula is C19H25N3O3S. The molecular weight excluding hydrogens is 350 g/mol.